The fraction of sp³-hybridized carbons (Fsp3) is 0.571. The number of thioether (sulfide) groups is 1. The van der Waals surface area contributed by atoms with Gasteiger partial charge in [0.05, 0.1) is 6.61 Å². The molecule has 2 heterocycles. The Labute approximate surface area is 115 Å². The zero-order valence-corrected chi connectivity index (χ0v) is 12.2. The minimum atomic E-state index is 0.653. The van der Waals surface area contributed by atoms with Crippen LogP contribution in [-0.2, 0) is 11.2 Å². The first kappa shape index (κ1) is 12.1. The van der Waals surface area contributed by atoms with Crippen LogP contribution in [0.3, 0.4) is 0 Å². The monoisotopic (exact) mass is 312 g/mol. The summed E-state index contributed by atoms with van der Waals surface area (Å²) in [6.07, 6.45) is 3.67. The van der Waals surface area contributed by atoms with E-state index in [2.05, 4.69) is 52.0 Å². The lowest BCUT2D eigenvalue weighted by Crippen LogP contribution is -2.30. The number of halogens is 1. The third-order valence-electron chi connectivity index (χ3n) is 3.66. The van der Waals surface area contributed by atoms with Crippen LogP contribution in [0.15, 0.2) is 29.2 Å². The minimum absolute atomic E-state index is 0.653. The van der Waals surface area contributed by atoms with Crippen LogP contribution >= 0.6 is 27.7 Å². The van der Waals surface area contributed by atoms with Crippen molar-refractivity contribution < 1.29 is 4.74 Å². The second-order valence-electron chi connectivity index (χ2n) is 4.93. The fourth-order valence-corrected chi connectivity index (χ4v) is 4.69. The van der Waals surface area contributed by atoms with Gasteiger partial charge in [-0.1, -0.05) is 34.1 Å². The van der Waals surface area contributed by atoms with Crippen molar-refractivity contribution >= 4 is 27.7 Å². The lowest BCUT2D eigenvalue weighted by molar-refractivity contribution is 0.0572. The van der Waals surface area contributed by atoms with Gasteiger partial charge in [0.25, 0.3) is 0 Å². The minimum Gasteiger partial charge on any atom is -0.381 e. The summed E-state index contributed by atoms with van der Waals surface area (Å²) in [5.41, 5.74) is 1.53. The number of hydrogen-bond acceptors (Lipinski definition) is 2. The first-order valence-electron chi connectivity index (χ1n) is 6.29. The molecule has 17 heavy (non-hydrogen) atoms. The smallest absolute Gasteiger partial charge is 0.0505 e. The van der Waals surface area contributed by atoms with Gasteiger partial charge >= 0.3 is 0 Å². The highest BCUT2D eigenvalue weighted by Gasteiger charge is 2.29. The Hall–Kier alpha value is 0.01000. The van der Waals surface area contributed by atoms with E-state index in [0.717, 1.165) is 24.9 Å². The molecule has 1 saturated heterocycles. The second-order valence-corrected chi connectivity index (χ2v) is 7.45. The van der Waals surface area contributed by atoms with Crippen LogP contribution in [0.25, 0.3) is 0 Å². The van der Waals surface area contributed by atoms with Crippen LogP contribution in [0.5, 0.6) is 0 Å². The normalized spacial score (nSPS) is 32.4. The average molecular weight is 313 g/mol. The molecule has 2 aliphatic heterocycles. The maximum Gasteiger partial charge on any atom is 0.0505 e. The number of fused-ring (bicyclic) bond motifs is 1. The highest BCUT2D eigenvalue weighted by molar-refractivity contribution is 9.09. The van der Waals surface area contributed by atoms with Gasteiger partial charge in [0.2, 0.25) is 0 Å². The van der Waals surface area contributed by atoms with Crippen molar-refractivity contribution in [3.05, 3.63) is 29.8 Å². The molecule has 0 radical (unpaired) electrons. The van der Waals surface area contributed by atoms with Crippen molar-refractivity contribution in [2.45, 2.75) is 34.2 Å². The lowest BCUT2D eigenvalue weighted by Gasteiger charge is -2.29. The van der Waals surface area contributed by atoms with E-state index >= 15 is 0 Å². The third kappa shape index (κ3) is 2.72. The summed E-state index contributed by atoms with van der Waals surface area (Å²) in [5.74, 6) is 0.690. The predicted octanol–water partition coefficient (Wildman–Crippen LogP) is 3.89. The van der Waals surface area contributed by atoms with Gasteiger partial charge < -0.3 is 4.74 Å². The van der Waals surface area contributed by atoms with Crippen molar-refractivity contribution in [2.24, 2.45) is 5.92 Å². The van der Waals surface area contributed by atoms with E-state index in [1.807, 2.05) is 0 Å². The van der Waals surface area contributed by atoms with Gasteiger partial charge in [-0.3, -0.25) is 0 Å². The summed E-state index contributed by atoms with van der Waals surface area (Å²) in [7, 11) is 0. The molecule has 1 aromatic rings. The van der Waals surface area contributed by atoms with Gasteiger partial charge in [0.15, 0.2) is 0 Å². The van der Waals surface area contributed by atoms with Crippen LogP contribution in [0.1, 0.15) is 18.4 Å². The Morgan fingerprint density at radius 1 is 1.35 bits per heavy atom. The fourth-order valence-electron chi connectivity index (χ4n) is 2.71. The molecule has 2 aliphatic rings. The Morgan fingerprint density at radius 2 is 2.24 bits per heavy atom. The summed E-state index contributed by atoms with van der Waals surface area (Å²) in [5, 5.41) is 0.749. The molecule has 3 rings (SSSR count). The van der Waals surface area contributed by atoms with Gasteiger partial charge in [0.1, 0.15) is 0 Å². The average Bonchev–Trinajstić information content (AvgIpc) is 2.74. The van der Waals surface area contributed by atoms with E-state index in [1.54, 1.807) is 0 Å². The predicted molar refractivity (Wildman–Crippen MR) is 76.0 cm³/mol. The molecule has 0 spiro atoms. The van der Waals surface area contributed by atoms with E-state index < -0.39 is 0 Å². The molecular weight excluding hydrogens is 296 g/mol. The molecule has 0 amide bonds. The largest absolute Gasteiger partial charge is 0.381 e. The maximum absolute atomic E-state index is 5.60. The first-order chi connectivity index (χ1) is 8.33. The molecule has 0 aliphatic carbocycles. The van der Waals surface area contributed by atoms with E-state index in [9.17, 15) is 0 Å². The van der Waals surface area contributed by atoms with Crippen LogP contribution in [0.2, 0.25) is 0 Å². The zero-order valence-electron chi connectivity index (χ0n) is 9.77. The molecule has 3 atom stereocenters. The Bertz CT molecular complexity index is 371. The number of hydrogen-bond donors (Lipinski definition) is 0. The van der Waals surface area contributed by atoms with Crippen LogP contribution in [0.4, 0.5) is 0 Å². The molecule has 1 fully saturated rings. The van der Waals surface area contributed by atoms with Crippen LogP contribution in [-0.4, -0.2) is 23.3 Å². The van der Waals surface area contributed by atoms with Crippen molar-refractivity contribution in [3.63, 3.8) is 0 Å². The Balaban J connectivity index is 1.61. The van der Waals surface area contributed by atoms with Crippen molar-refractivity contribution in [2.75, 3.05) is 13.2 Å². The molecule has 0 aromatic heterocycles. The van der Waals surface area contributed by atoms with Gasteiger partial charge in [0, 0.05) is 21.6 Å². The number of ether oxygens (including phenoxy) is 1. The molecule has 1 aromatic carbocycles. The molecule has 3 heteroatoms. The van der Waals surface area contributed by atoms with Crippen LogP contribution < -0.4 is 0 Å². The van der Waals surface area contributed by atoms with Crippen molar-refractivity contribution in [3.8, 4) is 0 Å². The molecule has 0 saturated carbocycles. The van der Waals surface area contributed by atoms with Gasteiger partial charge in [-0.2, -0.15) is 0 Å². The van der Waals surface area contributed by atoms with Crippen LogP contribution in [0, 0.1) is 5.92 Å². The van der Waals surface area contributed by atoms with Gasteiger partial charge in [-0.05, 0) is 36.8 Å². The molecule has 1 nitrogen and oxygen atoms in total. The maximum atomic E-state index is 5.60. The van der Waals surface area contributed by atoms with E-state index in [1.165, 1.54) is 23.3 Å². The van der Waals surface area contributed by atoms with E-state index in [-0.39, 0.29) is 0 Å². The first-order valence-corrected chi connectivity index (χ1v) is 8.09. The van der Waals surface area contributed by atoms with Gasteiger partial charge in [-0.15, -0.1) is 11.8 Å². The molecular formula is C14H17BrOS. The van der Waals surface area contributed by atoms with E-state index in [4.69, 9.17) is 4.74 Å². The number of alkyl halides is 1. The summed E-state index contributed by atoms with van der Waals surface area (Å²) in [6, 6.07) is 8.82. The summed E-state index contributed by atoms with van der Waals surface area (Å²) in [6.45, 7) is 1.85. The SMILES string of the molecule is BrC1CCOCC1CC1Cc2ccccc2S1. The van der Waals surface area contributed by atoms with Crippen molar-refractivity contribution in [1.82, 2.24) is 0 Å². The van der Waals surface area contributed by atoms with Gasteiger partial charge in [-0.25, -0.2) is 0 Å². The Kier molecular flexibility index (Phi) is 3.78. The Morgan fingerprint density at radius 3 is 3.06 bits per heavy atom. The number of rotatable bonds is 2. The molecule has 3 unspecified atom stereocenters. The summed E-state index contributed by atoms with van der Waals surface area (Å²) < 4.78 is 5.60. The molecule has 0 N–H and O–H groups in total. The van der Waals surface area contributed by atoms with E-state index in [0.29, 0.717) is 10.7 Å². The summed E-state index contributed by atoms with van der Waals surface area (Å²) in [4.78, 5) is 2.14. The summed E-state index contributed by atoms with van der Waals surface area (Å²) >= 11 is 5.86. The zero-order chi connectivity index (χ0) is 11.7. The third-order valence-corrected chi connectivity index (χ3v) is 6.21. The topological polar surface area (TPSA) is 9.23 Å². The highest BCUT2D eigenvalue weighted by atomic mass is 79.9. The molecule has 92 valence electrons. The molecule has 0 bridgehead atoms. The number of benzene rings is 1. The quantitative estimate of drug-likeness (QED) is 0.766. The highest BCUT2D eigenvalue weighted by Crippen LogP contribution is 2.41. The standard InChI is InChI=1S/C14H17BrOS/c15-13-5-6-16-9-11(13)8-12-7-10-3-1-2-4-14(10)17-12/h1-4,11-13H,5-9H2. The lowest BCUT2D eigenvalue weighted by atomic mass is 9.94. The van der Waals surface area contributed by atoms with Crippen molar-refractivity contribution in [1.29, 1.82) is 0 Å². The second kappa shape index (κ2) is 5.33.